The maximum absolute atomic E-state index is 10.2. The monoisotopic (exact) mass is 160 g/mol. The summed E-state index contributed by atoms with van der Waals surface area (Å²) in [7, 11) is 0. The molecule has 0 aliphatic carbocycles. The van der Waals surface area contributed by atoms with E-state index < -0.39 is 12.3 Å². The smallest absolute Gasteiger partial charge is 0.334 e. The molecule has 0 aliphatic heterocycles. The van der Waals surface area contributed by atoms with Crippen molar-refractivity contribution in [1.82, 2.24) is 0 Å². The Kier molecular flexibility index (Phi) is 4.29. The molecule has 0 heterocycles. The molecule has 0 aromatic carbocycles. The molecule has 0 fully saturated rings. The van der Waals surface area contributed by atoms with Crippen LogP contribution in [-0.4, -0.2) is 22.5 Å². The summed E-state index contributed by atoms with van der Waals surface area (Å²) in [6.07, 6.45) is 0.559. The predicted octanol–water partition coefficient (Wildman–Crippen LogP) is 0.720. The number of ether oxygens (including phenoxy) is 1. The van der Waals surface area contributed by atoms with Gasteiger partial charge in [0.2, 0.25) is 0 Å². The average molecular weight is 160 g/mol. The normalized spacial score (nSPS) is 14.3. The second-order valence-corrected chi connectivity index (χ2v) is 2.10. The summed E-state index contributed by atoms with van der Waals surface area (Å²) in [5.74, 6) is -1.05. The van der Waals surface area contributed by atoms with Crippen molar-refractivity contribution in [2.24, 2.45) is 0 Å². The fraction of sp³-hybridized carbons (Fsp3) is 0.571. The van der Waals surface area contributed by atoms with E-state index in [9.17, 15) is 4.79 Å². The predicted molar refractivity (Wildman–Crippen MR) is 38.8 cm³/mol. The SMILES string of the molecule is CCC(O)OC=C(C)C(=O)O. The fourth-order valence-corrected chi connectivity index (χ4v) is 0.327. The van der Waals surface area contributed by atoms with Gasteiger partial charge in [-0.05, 0) is 6.92 Å². The Morgan fingerprint density at radius 3 is 2.64 bits per heavy atom. The Morgan fingerprint density at radius 2 is 2.27 bits per heavy atom. The summed E-state index contributed by atoms with van der Waals surface area (Å²) in [6, 6.07) is 0. The number of hydrogen-bond acceptors (Lipinski definition) is 3. The van der Waals surface area contributed by atoms with Crippen LogP contribution in [0.25, 0.3) is 0 Å². The minimum absolute atomic E-state index is 0.0671. The van der Waals surface area contributed by atoms with E-state index in [-0.39, 0.29) is 5.57 Å². The molecule has 64 valence electrons. The number of aliphatic carboxylic acids is 1. The number of aliphatic hydroxyl groups excluding tert-OH is 1. The second-order valence-electron chi connectivity index (χ2n) is 2.10. The number of carboxylic acid groups (broad SMARTS) is 1. The van der Waals surface area contributed by atoms with Gasteiger partial charge in [0.1, 0.15) is 0 Å². The topological polar surface area (TPSA) is 66.8 Å². The van der Waals surface area contributed by atoms with Crippen LogP contribution in [0.2, 0.25) is 0 Å². The first-order chi connectivity index (χ1) is 5.07. The van der Waals surface area contributed by atoms with Crippen molar-refractivity contribution < 1.29 is 19.7 Å². The molecule has 2 N–H and O–H groups in total. The summed E-state index contributed by atoms with van der Waals surface area (Å²) in [6.45, 7) is 3.12. The summed E-state index contributed by atoms with van der Waals surface area (Å²) >= 11 is 0. The molecule has 0 aromatic rings. The highest BCUT2D eigenvalue weighted by molar-refractivity contribution is 5.85. The highest BCUT2D eigenvalue weighted by atomic mass is 16.6. The zero-order chi connectivity index (χ0) is 8.85. The van der Waals surface area contributed by atoms with Crippen molar-refractivity contribution in [1.29, 1.82) is 0 Å². The van der Waals surface area contributed by atoms with E-state index in [1.807, 2.05) is 0 Å². The zero-order valence-corrected chi connectivity index (χ0v) is 6.57. The number of hydrogen-bond donors (Lipinski definition) is 2. The van der Waals surface area contributed by atoms with Crippen molar-refractivity contribution in [2.75, 3.05) is 0 Å². The van der Waals surface area contributed by atoms with Gasteiger partial charge in [-0.25, -0.2) is 4.79 Å². The Balaban J connectivity index is 3.82. The lowest BCUT2D eigenvalue weighted by Gasteiger charge is -2.06. The Bertz CT molecular complexity index is 162. The van der Waals surface area contributed by atoms with Gasteiger partial charge in [0, 0.05) is 6.42 Å². The zero-order valence-electron chi connectivity index (χ0n) is 6.57. The minimum Gasteiger partial charge on any atom is -0.478 e. The molecule has 11 heavy (non-hydrogen) atoms. The largest absolute Gasteiger partial charge is 0.478 e. The lowest BCUT2D eigenvalue weighted by molar-refractivity contribution is -0.133. The molecule has 0 aliphatic rings. The third-order valence-corrected chi connectivity index (χ3v) is 1.09. The number of carboxylic acids is 1. The van der Waals surface area contributed by atoms with Crippen molar-refractivity contribution in [3.8, 4) is 0 Å². The van der Waals surface area contributed by atoms with Crippen molar-refractivity contribution in [3.63, 3.8) is 0 Å². The van der Waals surface area contributed by atoms with Crippen LogP contribution < -0.4 is 0 Å². The highest BCUT2D eigenvalue weighted by Gasteiger charge is 2.01. The lowest BCUT2D eigenvalue weighted by Crippen LogP contribution is -2.07. The third kappa shape index (κ3) is 4.38. The summed E-state index contributed by atoms with van der Waals surface area (Å²) in [4.78, 5) is 10.2. The standard InChI is InChI=1S/C7H12O4/c1-3-6(8)11-4-5(2)7(9)10/h4,6,8H,3H2,1-2H3,(H,9,10). The van der Waals surface area contributed by atoms with E-state index in [0.717, 1.165) is 6.26 Å². The van der Waals surface area contributed by atoms with Crippen LogP contribution in [-0.2, 0) is 9.53 Å². The third-order valence-electron chi connectivity index (χ3n) is 1.09. The van der Waals surface area contributed by atoms with Crippen molar-refractivity contribution >= 4 is 5.97 Å². The first-order valence-electron chi connectivity index (χ1n) is 3.31. The van der Waals surface area contributed by atoms with E-state index in [1.165, 1.54) is 6.92 Å². The molecule has 0 aromatic heterocycles. The van der Waals surface area contributed by atoms with Crippen LogP contribution in [0, 0.1) is 0 Å². The quantitative estimate of drug-likeness (QED) is 0.361. The average Bonchev–Trinajstić information content (AvgIpc) is 1.99. The first-order valence-corrected chi connectivity index (χ1v) is 3.31. The van der Waals surface area contributed by atoms with E-state index in [4.69, 9.17) is 10.2 Å². The minimum atomic E-state index is -1.05. The molecule has 0 spiro atoms. The van der Waals surface area contributed by atoms with Crippen LogP contribution in [0.15, 0.2) is 11.8 Å². The molecular formula is C7H12O4. The van der Waals surface area contributed by atoms with Crippen molar-refractivity contribution in [2.45, 2.75) is 26.6 Å². The van der Waals surface area contributed by atoms with Gasteiger partial charge in [-0.2, -0.15) is 0 Å². The van der Waals surface area contributed by atoms with Gasteiger partial charge in [-0.1, -0.05) is 6.92 Å². The molecule has 4 nitrogen and oxygen atoms in total. The molecule has 0 rings (SSSR count). The van der Waals surface area contributed by atoms with E-state index in [2.05, 4.69) is 4.74 Å². The summed E-state index contributed by atoms with van der Waals surface area (Å²) < 4.78 is 4.63. The van der Waals surface area contributed by atoms with Crippen molar-refractivity contribution in [3.05, 3.63) is 11.8 Å². The summed E-state index contributed by atoms with van der Waals surface area (Å²) in [5.41, 5.74) is 0.0671. The number of rotatable bonds is 4. The number of carbonyl (C=O) groups is 1. The first kappa shape index (κ1) is 9.97. The van der Waals surface area contributed by atoms with E-state index >= 15 is 0 Å². The van der Waals surface area contributed by atoms with Gasteiger partial charge in [0.05, 0.1) is 11.8 Å². The lowest BCUT2D eigenvalue weighted by atomic mass is 10.3. The van der Waals surface area contributed by atoms with Gasteiger partial charge < -0.3 is 14.9 Å². The fourth-order valence-electron chi connectivity index (χ4n) is 0.327. The van der Waals surface area contributed by atoms with Gasteiger partial charge >= 0.3 is 5.97 Å². The summed E-state index contributed by atoms with van der Waals surface area (Å²) in [5, 5.41) is 17.2. The molecule has 0 radical (unpaired) electrons. The van der Waals surface area contributed by atoms with Gasteiger partial charge in [0.15, 0.2) is 6.29 Å². The van der Waals surface area contributed by atoms with Crippen LogP contribution in [0.3, 0.4) is 0 Å². The maximum Gasteiger partial charge on any atom is 0.334 e. The molecule has 0 saturated carbocycles. The Labute approximate surface area is 65.1 Å². The van der Waals surface area contributed by atoms with Crippen LogP contribution >= 0.6 is 0 Å². The Hall–Kier alpha value is -1.03. The van der Waals surface area contributed by atoms with Crippen LogP contribution in [0.4, 0.5) is 0 Å². The molecular weight excluding hydrogens is 148 g/mol. The van der Waals surface area contributed by atoms with Gasteiger partial charge in [-0.3, -0.25) is 0 Å². The van der Waals surface area contributed by atoms with Gasteiger partial charge in [0.25, 0.3) is 0 Å². The number of aliphatic hydroxyl groups is 1. The second kappa shape index (κ2) is 4.73. The van der Waals surface area contributed by atoms with Crippen LogP contribution in [0.5, 0.6) is 0 Å². The van der Waals surface area contributed by atoms with Gasteiger partial charge in [-0.15, -0.1) is 0 Å². The van der Waals surface area contributed by atoms with Crippen LogP contribution in [0.1, 0.15) is 20.3 Å². The molecule has 0 amide bonds. The van der Waals surface area contributed by atoms with E-state index in [0.29, 0.717) is 6.42 Å². The molecule has 0 bridgehead atoms. The Morgan fingerprint density at radius 1 is 1.73 bits per heavy atom. The molecule has 4 heteroatoms. The molecule has 0 saturated heterocycles. The molecule has 1 atom stereocenters. The highest BCUT2D eigenvalue weighted by Crippen LogP contribution is 1.98. The van der Waals surface area contributed by atoms with E-state index in [1.54, 1.807) is 6.92 Å². The molecule has 1 unspecified atom stereocenters. The maximum atomic E-state index is 10.2.